The molecule has 0 saturated heterocycles. The van der Waals surface area contributed by atoms with Crippen LogP contribution in [-0.4, -0.2) is 95.9 Å². The fourth-order valence-corrected chi connectivity index (χ4v) is 10.6. The highest BCUT2D eigenvalue weighted by molar-refractivity contribution is 7.47. The van der Waals surface area contributed by atoms with E-state index in [-0.39, 0.29) is 19.3 Å². The van der Waals surface area contributed by atoms with E-state index in [1.165, 1.54) is 25.7 Å². The van der Waals surface area contributed by atoms with Crippen molar-refractivity contribution in [1.29, 1.82) is 0 Å². The van der Waals surface area contributed by atoms with Crippen LogP contribution >= 0.6 is 15.6 Å². The molecule has 18 heteroatoms. The predicted octanol–water partition coefficient (Wildman–Crippen LogP) is 20.5. The summed E-state index contributed by atoms with van der Waals surface area (Å²) in [5, 5.41) is 20.6. The van der Waals surface area contributed by atoms with Crippen molar-refractivity contribution in [2.75, 3.05) is 39.6 Å². The lowest BCUT2D eigenvalue weighted by Crippen LogP contribution is -2.30. The highest BCUT2D eigenvalue weighted by atomic mass is 31.2. The second kappa shape index (κ2) is 69.3. The van der Waals surface area contributed by atoms with Crippen LogP contribution in [0.5, 0.6) is 0 Å². The summed E-state index contributed by atoms with van der Waals surface area (Å²) in [5.74, 6) is -1.63. The number of unbranched alkanes of at least 4 members (excludes halogenated alkanes) is 20. The molecule has 0 amide bonds. The molecule has 0 heterocycles. The van der Waals surface area contributed by atoms with E-state index < -0.39 is 91.5 Å². The molecule has 16 nitrogen and oxygen atoms in total. The van der Waals surface area contributed by atoms with E-state index in [0.717, 1.165) is 180 Å². The molecule has 0 aromatic heterocycles. The molecule has 0 aromatic carbocycles. The Morgan fingerprint density at radius 1 is 0.305 bits per heavy atom. The second-order valence-corrected chi connectivity index (χ2v) is 26.5. The largest absolute Gasteiger partial charge is 0.472 e. The molecule has 95 heavy (non-hydrogen) atoms. The van der Waals surface area contributed by atoms with Gasteiger partial charge in [0.2, 0.25) is 0 Å². The zero-order valence-corrected chi connectivity index (χ0v) is 60.6. The maximum Gasteiger partial charge on any atom is 0.472 e. The van der Waals surface area contributed by atoms with Gasteiger partial charge in [-0.3, -0.25) is 32.5 Å². The molecular formula is C77H128O16P2. The van der Waals surface area contributed by atoms with Crippen LogP contribution in [0.3, 0.4) is 0 Å². The standard InChI is InChI=1S/C77H128O16P2/c1-4-7-10-13-16-19-22-25-27-29-31-33-35-37-39-41-43-46-48-51-54-57-60-63-75(80)87-66-72(78)67-89-94(83,84)90-68-73(79)69-91-95(85,86)92-71-74(93-77(82)65-62-59-56-53-50-45-24-21-18-15-12-9-6-3)70-88-76(81)64-61-58-55-52-49-47-44-42-40-38-36-34-32-30-28-26-23-20-17-14-11-8-5-2/h7-8,10-11,16-17,19-21,24-28,31-34,37-40,43,46,72-74,78-79H,4-6,9,12-15,18,22-23,29-30,35-36,41-42,44-45,47-71H2,1-3H3,(H,83,84)(H,85,86)/b10-7-,11-8-,19-16-,20-17-,24-21-,27-25-,28-26-,33-31-,34-32-,39-37-,40-38-,46-43-. The molecule has 0 spiro atoms. The third-order valence-corrected chi connectivity index (χ3v) is 16.4. The number of aliphatic hydroxyl groups excluding tert-OH is 2. The molecule has 0 aliphatic carbocycles. The number of allylic oxidation sites excluding steroid dienone is 24. The number of hydrogen-bond donors (Lipinski definition) is 4. The number of phosphoric ester groups is 2. The molecule has 0 aliphatic heterocycles. The van der Waals surface area contributed by atoms with Crippen molar-refractivity contribution < 1.29 is 75.8 Å². The summed E-state index contributed by atoms with van der Waals surface area (Å²) in [6, 6.07) is 0. The van der Waals surface area contributed by atoms with Gasteiger partial charge in [0.15, 0.2) is 6.10 Å². The van der Waals surface area contributed by atoms with Crippen LogP contribution in [0, 0.1) is 0 Å². The fourth-order valence-electron chi connectivity index (χ4n) is 9.06. The molecule has 4 N–H and O–H groups in total. The molecule has 5 unspecified atom stereocenters. The van der Waals surface area contributed by atoms with E-state index in [2.05, 4.69) is 167 Å². The lowest BCUT2D eigenvalue weighted by Gasteiger charge is -2.21. The molecule has 0 fully saturated rings. The smallest absolute Gasteiger partial charge is 0.463 e. The topological polar surface area (TPSA) is 231 Å². The summed E-state index contributed by atoms with van der Waals surface area (Å²) < 4.78 is 60.9. The Labute approximate surface area is 575 Å². The van der Waals surface area contributed by atoms with Crippen molar-refractivity contribution in [2.45, 2.75) is 283 Å². The molecular weight excluding hydrogens is 1240 g/mol. The molecule has 0 aliphatic rings. The van der Waals surface area contributed by atoms with E-state index in [1.54, 1.807) is 0 Å². The Hall–Kier alpha value is -4.57. The summed E-state index contributed by atoms with van der Waals surface area (Å²) in [7, 11) is -9.80. The molecule has 0 saturated carbocycles. The molecule has 0 rings (SSSR count). The summed E-state index contributed by atoms with van der Waals surface area (Å²) in [6.07, 6.45) is 83.2. The lowest BCUT2D eigenvalue weighted by molar-refractivity contribution is -0.161. The van der Waals surface area contributed by atoms with Gasteiger partial charge in [-0.2, -0.15) is 0 Å². The maximum atomic E-state index is 12.9. The first kappa shape index (κ1) is 90.4. The number of carbonyl (C=O) groups excluding carboxylic acids is 3. The first-order valence-electron chi connectivity index (χ1n) is 36.1. The van der Waals surface area contributed by atoms with Crippen molar-refractivity contribution in [3.05, 3.63) is 146 Å². The summed E-state index contributed by atoms with van der Waals surface area (Å²) in [4.78, 5) is 58.5. The van der Waals surface area contributed by atoms with Gasteiger partial charge < -0.3 is 34.2 Å². The van der Waals surface area contributed by atoms with Gasteiger partial charge in [0.25, 0.3) is 0 Å². The van der Waals surface area contributed by atoms with Gasteiger partial charge in [-0.1, -0.05) is 250 Å². The number of phosphoric acid groups is 2. The quantitative estimate of drug-likeness (QED) is 0.0146. The Bertz CT molecular complexity index is 2310. The van der Waals surface area contributed by atoms with Gasteiger partial charge >= 0.3 is 33.6 Å². The monoisotopic (exact) mass is 1370 g/mol. The lowest BCUT2D eigenvalue weighted by atomic mass is 10.1. The molecule has 5 atom stereocenters. The van der Waals surface area contributed by atoms with E-state index in [1.807, 2.05) is 0 Å². The molecule has 0 aromatic rings. The Balaban J connectivity index is 4.66. The zero-order valence-electron chi connectivity index (χ0n) is 58.8. The van der Waals surface area contributed by atoms with Crippen LogP contribution in [0.4, 0.5) is 0 Å². The van der Waals surface area contributed by atoms with Gasteiger partial charge in [0.05, 0.1) is 26.4 Å². The van der Waals surface area contributed by atoms with Crippen molar-refractivity contribution in [3.8, 4) is 0 Å². The van der Waals surface area contributed by atoms with E-state index in [9.17, 15) is 43.5 Å². The Morgan fingerprint density at radius 3 is 0.895 bits per heavy atom. The fraction of sp³-hybridized carbons (Fsp3) is 0.649. The number of esters is 3. The number of rotatable bonds is 67. The Kier molecular flexibility index (Phi) is 66.0. The van der Waals surface area contributed by atoms with Crippen LogP contribution < -0.4 is 0 Å². The molecule has 0 bridgehead atoms. The SMILES string of the molecule is CC/C=C\C/C=C\C/C=C\C/C=C\C/C=C\C/C=C\CCCCCCC(=O)OCC(O)COP(=O)(O)OCC(O)COP(=O)(O)OCC(COC(=O)CCCCCCCCC/C=C\C/C=C\C/C=C\C/C=C\C/C=C\CC)OC(=O)CCCCCCC/C=C\CCCCCC. The van der Waals surface area contributed by atoms with Crippen molar-refractivity contribution in [1.82, 2.24) is 0 Å². The first-order valence-corrected chi connectivity index (χ1v) is 39.1. The predicted molar refractivity (Wildman–Crippen MR) is 389 cm³/mol. The summed E-state index contributed by atoms with van der Waals surface area (Å²) >= 11 is 0. The van der Waals surface area contributed by atoms with Gasteiger partial charge in [-0.25, -0.2) is 9.13 Å². The van der Waals surface area contributed by atoms with Gasteiger partial charge in [-0.05, 0) is 141 Å². The third kappa shape index (κ3) is 70.6. The van der Waals surface area contributed by atoms with Crippen LogP contribution in [0.1, 0.15) is 265 Å². The van der Waals surface area contributed by atoms with E-state index in [0.29, 0.717) is 19.3 Å². The minimum Gasteiger partial charge on any atom is -0.463 e. The highest BCUT2D eigenvalue weighted by Crippen LogP contribution is 2.45. The maximum absolute atomic E-state index is 12.9. The third-order valence-electron chi connectivity index (χ3n) is 14.5. The number of carbonyl (C=O) groups is 3. The zero-order chi connectivity index (χ0) is 69.5. The molecule has 0 radical (unpaired) electrons. The van der Waals surface area contributed by atoms with Crippen LogP contribution in [0.2, 0.25) is 0 Å². The average Bonchev–Trinajstić information content (AvgIpc) is 1.91. The van der Waals surface area contributed by atoms with Crippen molar-refractivity contribution in [2.24, 2.45) is 0 Å². The number of aliphatic hydroxyl groups is 2. The second-order valence-electron chi connectivity index (χ2n) is 23.6. The Morgan fingerprint density at radius 2 is 0.558 bits per heavy atom. The van der Waals surface area contributed by atoms with E-state index in [4.69, 9.17) is 32.3 Å². The minimum atomic E-state index is -4.94. The average molecular weight is 1370 g/mol. The van der Waals surface area contributed by atoms with Crippen LogP contribution in [0.25, 0.3) is 0 Å². The molecule has 542 valence electrons. The van der Waals surface area contributed by atoms with E-state index >= 15 is 0 Å². The van der Waals surface area contributed by atoms with Gasteiger partial charge in [0.1, 0.15) is 25.4 Å². The van der Waals surface area contributed by atoms with Crippen molar-refractivity contribution >= 4 is 33.6 Å². The summed E-state index contributed by atoms with van der Waals surface area (Å²) in [6.45, 7) is 2.36. The normalized spacial score (nSPS) is 15.0. The number of hydrogen-bond acceptors (Lipinski definition) is 14. The number of ether oxygens (including phenoxy) is 3. The first-order chi connectivity index (χ1) is 46.2. The van der Waals surface area contributed by atoms with Crippen LogP contribution in [0.15, 0.2) is 146 Å². The van der Waals surface area contributed by atoms with Gasteiger partial charge in [0, 0.05) is 19.3 Å². The van der Waals surface area contributed by atoms with Crippen molar-refractivity contribution in [3.63, 3.8) is 0 Å². The summed E-state index contributed by atoms with van der Waals surface area (Å²) in [5.41, 5.74) is 0. The van der Waals surface area contributed by atoms with Crippen LogP contribution in [-0.2, 0) is 55.8 Å². The minimum absolute atomic E-state index is 0.0872. The highest BCUT2D eigenvalue weighted by Gasteiger charge is 2.29. The van der Waals surface area contributed by atoms with Gasteiger partial charge in [-0.15, -0.1) is 0 Å².